The van der Waals surface area contributed by atoms with Crippen LogP contribution < -0.4 is 16.0 Å². The zero-order valence-corrected chi connectivity index (χ0v) is 17.5. The topological polar surface area (TPSA) is 85.8 Å². The smallest absolute Gasteiger partial charge is 0.254 e. The Labute approximate surface area is 178 Å². The number of aliphatic hydroxyl groups is 1. The number of benzene rings is 2. The minimum absolute atomic E-state index is 0.0181. The lowest BCUT2D eigenvalue weighted by atomic mass is 10.2. The largest absolute Gasteiger partial charge is 0.386 e. The Hall–Kier alpha value is -2.97. The number of rotatable bonds is 8. The number of hydrogen-bond acceptors (Lipinski definition) is 4. The Morgan fingerprint density at radius 1 is 1.10 bits per heavy atom. The molecule has 3 rings (SSSR count). The minimum Gasteiger partial charge on any atom is -0.386 e. The number of fused-ring (bicyclic) bond motifs is 1. The Balaban J connectivity index is 1.50. The molecule has 0 bridgehead atoms. The van der Waals surface area contributed by atoms with Gasteiger partial charge in [-0.2, -0.15) is 0 Å². The van der Waals surface area contributed by atoms with Crippen molar-refractivity contribution in [3.05, 3.63) is 70.9 Å². The molecule has 1 heterocycles. The molecule has 158 valence electrons. The molecule has 0 spiro atoms. The second-order valence-corrected chi connectivity index (χ2v) is 7.70. The first-order chi connectivity index (χ1) is 14.6. The maximum Gasteiger partial charge on any atom is 0.254 e. The zero-order valence-electron chi connectivity index (χ0n) is 16.7. The fraction of sp³-hybridized carbons (Fsp3) is 0.273. The molecule has 0 fully saturated rings. The van der Waals surface area contributed by atoms with Gasteiger partial charge in [-0.1, -0.05) is 30.3 Å². The van der Waals surface area contributed by atoms with Gasteiger partial charge in [0.15, 0.2) is 5.96 Å². The maximum atomic E-state index is 13.6. The van der Waals surface area contributed by atoms with E-state index in [2.05, 4.69) is 20.9 Å². The van der Waals surface area contributed by atoms with Crippen LogP contribution in [-0.2, 0) is 0 Å². The number of amides is 1. The van der Waals surface area contributed by atoms with Crippen molar-refractivity contribution in [1.29, 1.82) is 0 Å². The third-order valence-electron chi connectivity index (χ3n) is 4.36. The van der Waals surface area contributed by atoms with Crippen molar-refractivity contribution in [3.8, 4) is 0 Å². The average Bonchev–Trinajstić information content (AvgIpc) is 3.19. The Kier molecular flexibility index (Phi) is 7.75. The maximum absolute atomic E-state index is 13.6. The van der Waals surface area contributed by atoms with Crippen LogP contribution in [-0.4, -0.2) is 43.2 Å². The van der Waals surface area contributed by atoms with E-state index in [-0.39, 0.29) is 12.1 Å². The minimum atomic E-state index is -0.696. The molecule has 0 aliphatic carbocycles. The summed E-state index contributed by atoms with van der Waals surface area (Å²) in [6, 6.07) is 15.8. The van der Waals surface area contributed by atoms with Crippen molar-refractivity contribution >= 4 is 33.3 Å². The van der Waals surface area contributed by atoms with Gasteiger partial charge in [0.05, 0.1) is 12.1 Å². The molecule has 0 radical (unpaired) electrons. The Morgan fingerprint density at radius 3 is 2.60 bits per heavy atom. The number of nitrogens with one attached hydrogen (secondary N) is 3. The van der Waals surface area contributed by atoms with E-state index in [0.29, 0.717) is 25.6 Å². The number of carbonyl (C=O) groups is 1. The van der Waals surface area contributed by atoms with Crippen LogP contribution in [0, 0.1) is 5.82 Å². The van der Waals surface area contributed by atoms with Gasteiger partial charge >= 0.3 is 0 Å². The van der Waals surface area contributed by atoms with E-state index in [1.807, 2.05) is 37.3 Å². The van der Waals surface area contributed by atoms with Crippen LogP contribution in [0.25, 0.3) is 10.1 Å². The van der Waals surface area contributed by atoms with Crippen molar-refractivity contribution in [2.24, 2.45) is 4.99 Å². The molecule has 1 atom stereocenters. The Bertz CT molecular complexity index is 988. The molecular formula is C22H25FN4O2S. The van der Waals surface area contributed by atoms with Gasteiger partial charge in [0, 0.05) is 29.2 Å². The second-order valence-electron chi connectivity index (χ2n) is 6.58. The molecule has 6 nitrogen and oxygen atoms in total. The predicted octanol–water partition coefficient (Wildman–Crippen LogP) is 3.06. The number of nitrogens with zero attached hydrogens (tertiary/aromatic N) is 1. The molecule has 30 heavy (non-hydrogen) atoms. The predicted molar refractivity (Wildman–Crippen MR) is 119 cm³/mol. The number of halogens is 1. The van der Waals surface area contributed by atoms with E-state index in [0.717, 1.165) is 15.0 Å². The van der Waals surface area contributed by atoms with Gasteiger partial charge in [0.25, 0.3) is 5.91 Å². The van der Waals surface area contributed by atoms with E-state index in [1.165, 1.54) is 12.1 Å². The van der Waals surface area contributed by atoms with Crippen LogP contribution in [0.3, 0.4) is 0 Å². The van der Waals surface area contributed by atoms with Crippen LogP contribution in [0.1, 0.15) is 28.3 Å². The monoisotopic (exact) mass is 428 g/mol. The summed E-state index contributed by atoms with van der Waals surface area (Å²) in [5.74, 6) is -0.470. The summed E-state index contributed by atoms with van der Waals surface area (Å²) in [5.41, 5.74) is 0.0181. The quantitative estimate of drug-likeness (QED) is 0.252. The molecule has 1 aromatic heterocycles. The fourth-order valence-corrected chi connectivity index (χ4v) is 3.92. The van der Waals surface area contributed by atoms with Gasteiger partial charge in [-0.15, -0.1) is 11.3 Å². The van der Waals surface area contributed by atoms with Crippen LogP contribution >= 0.6 is 11.3 Å². The van der Waals surface area contributed by atoms with Crippen molar-refractivity contribution in [1.82, 2.24) is 16.0 Å². The molecule has 2 aromatic carbocycles. The highest BCUT2D eigenvalue weighted by Crippen LogP contribution is 2.29. The molecule has 4 N–H and O–H groups in total. The molecule has 0 aliphatic rings. The van der Waals surface area contributed by atoms with Gasteiger partial charge in [-0.05, 0) is 36.6 Å². The highest BCUT2D eigenvalue weighted by atomic mass is 32.1. The van der Waals surface area contributed by atoms with E-state index in [9.17, 15) is 14.3 Å². The molecule has 0 saturated heterocycles. The van der Waals surface area contributed by atoms with Crippen LogP contribution in [0.2, 0.25) is 0 Å². The van der Waals surface area contributed by atoms with Gasteiger partial charge in [-0.25, -0.2) is 4.39 Å². The van der Waals surface area contributed by atoms with Crippen LogP contribution in [0.5, 0.6) is 0 Å². The summed E-state index contributed by atoms with van der Waals surface area (Å²) in [6.07, 6.45) is -0.696. The summed E-state index contributed by atoms with van der Waals surface area (Å²) in [6.45, 7) is 3.52. The van der Waals surface area contributed by atoms with Crippen molar-refractivity contribution in [2.45, 2.75) is 13.0 Å². The number of hydrogen-bond donors (Lipinski definition) is 4. The number of aliphatic hydroxyl groups excluding tert-OH is 1. The molecule has 0 aliphatic heterocycles. The molecule has 1 unspecified atom stereocenters. The number of guanidine groups is 1. The first kappa shape index (κ1) is 21.7. The van der Waals surface area contributed by atoms with Gasteiger partial charge < -0.3 is 21.1 Å². The SMILES string of the molecule is CCNC(=NCC(O)c1cc2ccccc2s1)NCCNC(=O)c1ccccc1F. The standard InChI is InChI=1S/C22H25FN4O2S/c1-2-24-22(26-12-11-25-21(29)16-8-4-5-9-17(16)23)27-14-18(28)20-13-15-7-3-6-10-19(15)30-20/h3-10,13,18,28H,2,11-12,14H2,1H3,(H,25,29)(H2,24,26,27). The third-order valence-corrected chi connectivity index (χ3v) is 5.58. The van der Waals surface area contributed by atoms with E-state index in [1.54, 1.807) is 23.5 Å². The van der Waals surface area contributed by atoms with E-state index < -0.39 is 17.8 Å². The Morgan fingerprint density at radius 2 is 1.83 bits per heavy atom. The summed E-state index contributed by atoms with van der Waals surface area (Å²) in [7, 11) is 0. The highest BCUT2D eigenvalue weighted by Gasteiger charge is 2.12. The normalized spacial score (nSPS) is 12.6. The zero-order chi connectivity index (χ0) is 21.3. The van der Waals surface area contributed by atoms with E-state index in [4.69, 9.17) is 0 Å². The molecule has 1 amide bonds. The first-order valence-electron chi connectivity index (χ1n) is 9.80. The third kappa shape index (κ3) is 5.77. The summed E-state index contributed by atoms with van der Waals surface area (Å²) >= 11 is 1.56. The van der Waals surface area contributed by atoms with Crippen LogP contribution in [0.4, 0.5) is 4.39 Å². The van der Waals surface area contributed by atoms with Crippen LogP contribution in [0.15, 0.2) is 59.6 Å². The lowest BCUT2D eigenvalue weighted by Gasteiger charge is -2.13. The average molecular weight is 429 g/mol. The molecule has 3 aromatic rings. The molecule has 8 heteroatoms. The van der Waals surface area contributed by atoms with Gasteiger partial charge in [0.2, 0.25) is 0 Å². The summed E-state index contributed by atoms with van der Waals surface area (Å²) < 4.78 is 14.8. The lowest BCUT2D eigenvalue weighted by Crippen LogP contribution is -2.41. The summed E-state index contributed by atoms with van der Waals surface area (Å²) in [4.78, 5) is 17.3. The second kappa shape index (κ2) is 10.7. The van der Waals surface area contributed by atoms with E-state index >= 15 is 0 Å². The lowest BCUT2D eigenvalue weighted by molar-refractivity contribution is 0.0950. The van der Waals surface area contributed by atoms with Crippen molar-refractivity contribution in [2.75, 3.05) is 26.2 Å². The van der Waals surface area contributed by atoms with Crippen molar-refractivity contribution < 1.29 is 14.3 Å². The molecular weight excluding hydrogens is 403 g/mol. The van der Waals surface area contributed by atoms with Gasteiger partial charge in [-0.3, -0.25) is 9.79 Å². The first-order valence-corrected chi connectivity index (χ1v) is 10.6. The highest BCUT2D eigenvalue weighted by molar-refractivity contribution is 7.19. The summed E-state index contributed by atoms with van der Waals surface area (Å²) in [5, 5.41) is 20.5. The number of thiophene rings is 1. The number of carbonyl (C=O) groups excluding carboxylic acids is 1. The number of aliphatic imine (C=N–C) groups is 1. The van der Waals surface area contributed by atoms with Crippen molar-refractivity contribution in [3.63, 3.8) is 0 Å². The molecule has 0 saturated carbocycles. The fourth-order valence-electron chi connectivity index (χ4n) is 2.87. The van der Waals surface area contributed by atoms with Gasteiger partial charge in [0.1, 0.15) is 11.9 Å².